The number of nitrogens with one attached hydrogen (secondary N) is 1. The maximum Gasteiger partial charge on any atom is 0.0101 e. The third-order valence-corrected chi connectivity index (χ3v) is 4.33. The van der Waals surface area contributed by atoms with Crippen molar-refractivity contribution in [3.05, 3.63) is 83.4 Å². The first-order valence-corrected chi connectivity index (χ1v) is 7.99. The van der Waals surface area contributed by atoms with E-state index in [0.717, 1.165) is 0 Å². The largest absolute Gasteiger partial charge is 0.323 e. The zero-order valence-corrected chi connectivity index (χ0v) is 13.3. The highest BCUT2D eigenvalue weighted by Crippen LogP contribution is 2.40. The summed E-state index contributed by atoms with van der Waals surface area (Å²) in [6, 6.07) is 24.3. The predicted molar refractivity (Wildman–Crippen MR) is 95.5 cm³/mol. The zero-order valence-electron chi connectivity index (χ0n) is 13.3. The molecule has 4 rings (SSSR count). The molecule has 1 atom stereocenters. The second-order valence-electron chi connectivity index (χ2n) is 5.86. The van der Waals surface area contributed by atoms with Gasteiger partial charge in [-0.3, -0.25) is 0 Å². The van der Waals surface area contributed by atoms with Crippen LogP contribution in [0.3, 0.4) is 0 Å². The third-order valence-electron chi connectivity index (χ3n) is 4.33. The molecular weight excluding hydrogens is 266 g/mol. The van der Waals surface area contributed by atoms with Gasteiger partial charge in [0.25, 0.3) is 0 Å². The minimum Gasteiger partial charge on any atom is -0.323 e. The molecular formula is C21H23N. The molecule has 0 spiro atoms. The highest BCUT2D eigenvalue weighted by atomic mass is 14.7. The highest BCUT2D eigenvalue weighted by molar-refractivity contribution is 5.86. The molecule has 1 N–H and O–H groups in total. The normalized spacial score (nSPS) is 16.0. The van der Waals surface area contributed by atoms with E-state index >= 15 is 0 Å². The summed E-state index contributed by atoms with van der Waals surface area (Å²) in [7, 11) is 3.75. The molecule has 0 fully saturated rings. The Hall–Kier alpha value is -2.12. The average Bonchev–Trinajstić information content (AvgIpc) is 2.99. The Labute approximate surface area is 133 Å². The van der Waals surface area contributed by atoms with Crippen LogP contribution in [0.5, 0.6) is 0 Å². The van der Waals surface area contributed by atoms with Gasteiger partial charge in [-0.25, -0.2) is 0 Å². The van der Waals surface area contributed by atoms with Gasteiger partial charge in [-0.2, -0.15) is 0 Å². The molecule has 0 saturated carbocycles. The van der Waals surface area contributed by atoms with Crippen molar-refractivity contribution in [1.29, 1.82) is 0 Å². The lowest BCUT2D eigenvalue weighted by atomic mass is 9.89. The van der Waals surface area contributed by atoms with E-state index < -0.39 is 0 Å². The van der Waals surface area contributed by atoms with Gasteiger partial charge < -0.3 is 5.32 Å². The first kappa shape index (κ1) is 14.8. The van der Waals surface area contributed by atoms with Crippen LogP contribution in [0.4, 0.5) is 0 Å². The minimum atomic E-state index is 0.572. The molecule has 0 aromatic heterocycles. The monoisotopic (exact) mass is 289 g/mol. The second kappa shape index (κ2) is 6.76. The van der Waals surface area contributed by atoms with Crippen molar-refractivity contribution >= 4 is 10.8 Å². The Balaban J connectivity index is 0.000000446. The van der Waals surface area contributed by atoms with E-state index in [0.29, 0.717) is 5.92 Å². The zero-order chi connectivity index (χ0) is 15.4. The SMILES string of the molecule is CNC.c1ccc2c(c1)CCC2c1cccc2ccccc12. The van der Waals surface area contributed by atoms with Crippen LogP contribution in [0.15, 0.2) is 66.7 Å². The van der Waals surface area contributed by atoms with Crippen LogP contribution in [0.25, 0.3) is 10.8 Å². The number of hydrogen-bond donors (Lipinski definition) is 1. The van der Waals surface area contributed by atoms with Gasteiger partial charge >= 0.3 is 0 Å². The van der Waals surface area contributed by atoms with Gasteiger partial charge in [0.15, 0.2) is 0 Å². The van der Waals surface area contributed by atoms with Crippen LogP contribution in [-0.4, -0.2) is 14.1 Å². The van der Waals surface area contributed by atoms with E-state index in [1.807, 2.05) is 14.1 Å². The van der Waals surface area contributed by atoms with Gasteiger partial charge in [0.1, 0.15) is 0 Å². The molecule has 3 aromatic carbocycles. The fourth-order valence-corrected chi connectivity index (χ4v) is 3.43. The van der Waals surface area contributed by atoms with Crippen LogP contribution in [0.2, 0.25) is 0 Å². The van der Waals surface area contributed by atoms with Crippen molar-refractivity contribution in [3.63, 3.8) is 0 Å². The molecule has 3 aromatic rings. The van der Waals surface area contributed by atoms with Crippen molar-refractivity contribution in [2.24, 2.45) is 0 Å². The summed E-state index contributed by atoms with van der Waals surface area (Å²) in [5, 5.41) is 5.51. The smallest absolute Gasteiger partial charge is 0.0101 e. The second-order valence-corrected chi connectivity index (χ2v) is 5.86. The average molecular weight is 289 g/mol. The van der Waals surface area contributed by atoms with Crippen molar-refractivity contribution in [3.8, 4) is 0 Å². The lowest BCUT2D eigenvalue weighted by molar-refractivity contribution is 0.794. The van der Waals surface area contributed by atoms with Crippen molar-refractivity contribution < 1.29 is 0 Å². The molecule has 1 nitrogen and oxygen atoms in total. The quantitative estimate of drug-likeness (QED) is 0.681. The van der Waals surface area contributed by atoms with Gasteiger partial charge in [0, 0.05) is 5.92 Å². The van der Waals surface area contributed by atoms with Gasteiger partial charge in [-0.15, -0.1) is 0 Å². The number of hydrogen-bond acceptors (Lipinski definition) is 1. The molecule has 1 heteroatoms. The Morgan fingerprint density at radius 2 is 1.41 bits per heavy atom. The summed E-state index contributed by atoms with van der Waals surface area (Å²) in [5.41, 5.74) is 4.54. The summed E-state index contributed by atoms with van der Waals surface area (Å²) in [6.07, 6.45) is 2.46. The topological polar surface area (TPSA) is 12.0 Å². The summed E-state index contributed by atoms with van der Waals surface area (Å²) < 4.78 is 0. The predicted octanol–water partition coefficient (Wildman–Crippen LogP) is 4.75. The Kier molecular flexibility index (Phi) is 4.55. The fourth-order valence-electron chi connectivity index (χ4n) is 3.43. The van der Waals surface area contributed by atoms with Crippen LogP contribution in [-0.2, 0) is 6.42 Å². The summed E-state index contributed by atoms with van der Waals surface area (Å²) in [6.45, 7) is 0. The highest BCUT2D eigenvalue weighted by Gasteiger charge is 2.24. The summed E-state index contributed by atoms with van der Waals surface area (Å²) >= 11 is 0. The third kappa shape index (κ3) is 2.77. The molecule has 112 valence electrons. The lowest BCUT2D eigenvalue weighted by Crippen LogP contribution is -1.97. The molecule has 0 heterocycles. The molecule has 0 bridgehead atoms. The standard InChI is InChI=1S/C19H16.C2H7N/c1-3-9-16-14(6-1)8-5-11-18(16)19-13-12-15-7-2-4-10-17(15)19;1-3-2/h1-11,19H,12-13H2;3H,1-2H3. The summed E-state index contributed by atoms with van der Waals surface area (Å²) in [4.78, 5) is 0. The molecule has 22 heavy (non-hydrogen) atoms. The van der Waals surface area contributed by atoms with Crippen molar-refractivity contribution in [2.75, 3.05) is 14.1 Å². The Morgan fingerprint density at radius 1 is 0.773 bits per heavy atom. The van der Waals surface area contributed by atoms with E-state index in [4.69, 9.17) is 0 Å². The lowest BCUT2D eigenvalue weighted by Gasteiger charge is -2.15. The molecule has 1 unspecified atom stereocenters. The Morgan fingerprint density at radius 3 is 2.27 bits per heavy atom. The first-order valence-electron chi connectivity index (χ1n) is 7.99. The molecule has 0 radical (unpaired) electrons. The van der Waals surface area contributed by atoms with Gasteiger partial charge in [-0.1, -0.05) is 66.7 Å². The fraction of sp³-hybridized carbons (Fsp3) is 0.238. The van der Waals surface area contributed by atoms with Crippen LogP contribution in [0, 0.1) is 0 Å². The van der Waals surface area contributed by atoms with Crippen LogP contribution < -0.4 is 5.32 Å². The molecule has 1 aliphatic carbocycles. The molecule has 0 amide bonds. The number of fused-ring (bicyclic) bond motifs is 2. The summed E-state index contributed by atoms with van der Waals surface area (Å²) in [5.74, 6) is 0.572. The van der Waals surface area contributed by atoms with E-state index in [1.54, 1.807) is 0 Å². The maximum absolute atomic E-state index is 2.75. The van der Waals surface area contributed by atoms with E-state index in [-0.39, 0.29) is 0 Å². The molecule has 0 aliphatic heterocycles. The van der Waals surface area contributed by atoms with Gasteiger partial charge in [0.2, 0.25) is 0 Å². The molecule has 1 aliphatic rings. The first-order chi connectivity index (χ1) is 10.8. The van der Waals surface area contributed by atoms with E-state index in [9.17, 15) is 0 Å². The maximum atomic E-state index is 2.75. The number of benzene rings is 3. The number of aryl methyl sites for hydroxylation is 1. The van der Waals surface area contributed by atoms with Crippen LogP contribution in [0.1, 0.15) is 29.0 Å². The number of rotatable bonds is 1. The van der Waals surface area contributed by atoms with E-state index in [1.165, 1.54) is 40.3 Å². The minimum absolute atomic E-state index is 0.572. The molecule has 0 saturated heterocycles. The Bertz CT molecular complexity index is 755. The van der Waals surface area contributed by atoms with E-state index in [2.05, 4.69) is 72.0 Å². The van der Waals surface area contributed by atoms with Crippen LogP contribution >= 0.6 is 0 Å². The van der Waals surface area contributed by atoms with Crippen molar-refractivity contribution in [1.82, 2.24) is 5.32 Å². The van der Waals surface area contributed by atoms with Crippen molar-refractivity contribution in [2.45, 2.75) is 18.8 Å². The van der Waals surface area contributed by atoms with Gasteiger partial charge in [0.05, 0.1) is 0 Å². The van der Waals surface area contributed by atoms with Gasteiger partial charge in [-0.05, 0) is 54.4 Å².